The molecule has 0 saturated heterocycles. The standard InChI is InChI=1S/C15H20N4O/c16-9-4-7-15(20)17-10-8-13-11-18-19(12-13)14-5-2-1-3-6-14/h1-3,5-6,11-12H,4,7-10,16H2,(H,17,20). The van der Waals surface area contributed by atoms with Crippen molar-refractivity contribution in [1.82, 2.24) is 15.1 Å². The Morgan fingerprint density at radius 1 is 1.30 bits per heavy atom. The first kappa shape index (κ1) is 14.3. The molecule has 0 aliphatic heterocycles. The summed E-state index contributed by atoms with van der Waals surface area (Å²) in [5, 5.41) is 7.20. The predicted octanol–water partition coefficient (Wildman–Crippen LogP) is 1.27. The third kappa shape index (κ3) is 4.20. The minimum Gasteiger partial charge on any atom is -0.356 e. The van der Waals surface area contributed by atoms with E-state index in [2.05, 4.69) is 10.4 Å². The highest BCUT2D eigenvalue weighted by Gasteiger charge is 2.02. The Bertz CT molecular complexity index is 536. The molecule has 0 fully saturated rings. The van der Waals surface area contributed by atoms with E-state index in [9.17, 15) is 4.79 Å². The molecule has 1 heterocycles. The van der Waals surface area contributed by atoms with Gasteiger partial charge in [-0.15, -0.1) is 0 Å². The number of nitrogens with zero attached hydrogens (tertiary/aromatic N) is 2. The smallest absolute Gasteiger partial charge is 0.220 e. The summed E-state index contributed by atoms with van der Waals surface area (Å²) in [4.78, 5) is 11.4. The van der Waals surface area contributed by atoms with Crippen LogP contribution >= 0.6 is 0 Å². The van der Waals surface area contributed by atoms with Gasteiger partial charge in [-0.05, 0) is 37.1 Å². The number of carbonyl (C=O) groups excluding carboxylic acids is 1. The van der Waals surface area contributed by atoms with E-state index in [4.69, 9.17) is 5.73 Å². The maximum absolute atomic E-state index is 11.4. The number of aromatic nitrogens is 2. The summed E-state index contributed by atoms with van der Waals surface area (Å²) in [7, 11) is 0. The molecule has 0 aliphatic rings. The van der Waals surface area contributed by atoms with Gasteiger partial charge in [-0.25, -0.2) is 4.68 Å². The van der Waals surface area contributed by atoms with Crippen LogP contribution in [0.2, 0.25) is 0 Å². The predicted molar refractivity (Wildman–Crippen MR) is 78.6 cm³/mol. The van der Waals surface area contributed by atoms with Gasteiger partial charge in [-0.1, -0.05) is 18.2 Å². The van der Waals surface area contributed by atoms with E-state index in [0.29, 0.717) is 19.5 Å². The third-order valence-electron chi connectivity index (χ3n) is 3.00. The molecule has 0 radical (unpaired) electrons. The van der Waals surface area contributed by atoms with Gasteiger partial charge in [0.25, 0.3) is 0 Å². The lowest BCUT2D eigenvalue weighted by atomic mass is 10.2. The quantitative estimate of drug-likeness (QED) is 0.797. The zero-order chi connectivity index (χ0) is 14.2. The summed E-state index contributed by atoms with van der Waals surface area (Å²) < 4.78 is 1.84. The van der Waals surface area contributed by atoms with Crippen molar-refractivity contribution in [2.45, 2.75) is 19.3 Å². The second-order valence-corrected chi connectivity index (χ2v) is 4.62. The van der Waals surface area contributed by atoms with Crippen molar-refractivity contribution in [1.29, 1.82) is 0 Å². The fraction of sp³-hybridized carbons (Fsp3) is 0.333. The van der Waals surface area contributed by atoms with Crippen LogP contribution in [0.15, 0.2) is 42.7 Å². The molecular formula is C15H20N4O. The van der Waals surface area contributed by atoms with Gasteiger partial charge in [-0.3, -0.25) is 4.79 Å². The average molecular weight is 272 g/mol. The van der Waals surface area contributed by atoms with E-state index >= 15 is 0 Å². The minimum absolute atomic E-state index is 0.0610. The van der Waals surface area contributed by atoms with Crippen LogP contribution in [-0.4, -0.2) is 28.8 Å². The Morgan fingerprint density at radius 3 is 2.85 bits per heavy atom. The summed E-state index contributed by atoms with van der Waals surface area (Å²) in [5.74, 6) is 0.0610. The lowest BCUT2D eigenvalue weighted by Crippen LogP contribution is -2.25. The molecule has 2 aromatic rings. The number of hydrogen-bond acceptors (Lipinski definition) is 3. The number of amides is 1. The van der Waals surface area contributed by atoms with E-state index < -0.39 is 0 Å². The van der Waals surface area contributed by atoms with Gasteiger partial charge in [0.1, 0.15) is 0 Å². The number of rotatable bonds is 7. The molecule has 0 bridgehead atoms. The van der Waals surface area contributed by atoms with Crippen LogP contribution in [0.25, 0.3) is 5.69 Å². The first-order chi connectivity index (χ1) is 9.79. The SMILES string of the molecule is NCCCC(=O)NCCc1cnn(-c2ccccc2)c1. The molecule has 0 spiro atoms. The maximum atomic E-state index is 11.4. The normalized spacial score (nSPS) is 10.4. The largest absolute Gasteiger partial charge is 0.356 e. The highest BCUT2D eigenvalue weighted by molar-refractivity contribution is 5.75. The molecule has 5 nitrogen and oxygen atoms in total. The Kier molecular flexibility index (Phi) is 5.32. The van der Waals surface area contributed by atoms with E-state index in [1.807, 2.05) is 47.4 Å². The van der Waals surface area contributed by atoms with Gasteiger partial charge in [0.05, 0.1) is 11.9 Å². The minimum atomic E-state index is 0.0610. The molecule has 3 N–H and O–H groups in total. The van der Waals surface area contributed by atoms with Crippen molar-refractivity contribution in [2.24, 2.45) is 5.73 Å². The number of para-hydroxylation sites is 1. The van der Waals surface area contributed by atoms with E-state index in [-0.39, 0.29) is 5.91 Å². The van der Waals surface area contributed by atoms with Gasteiger partial charge in [0.15, 0.2) is 0 Å². The lowest BCUT2D eigenvalue weighted by molar-refractivity contribution is -0.121. The molecule has 2 rings (SSSR count). The van der Waals surface area contributed by atoms with Crippen molar-refractivity contribution < 1.29 is 4.79 Å². The monoisotopic (exact) mass is 272 g/mol. The number of carbonyl (C=O) groups is 1. The van der Waals surface area contributed by atoms with Gasteiger partial charge >= 0.3 is 0 Å². The molecular weight excluding hydrogens is 252 g/mol. The summed E-state index contributed by atoms with van der Waals surface area (Å²) in [6, 6.07) is 9.95. The molecule has 0 atom stereocenters. The van der Waals surface area contributed by atoms with Crippen LogP contribution in [0.1, 0.15) is 18.4 Å². The number of hydrogen-bond donors (Lipinski definition) is 2. The zero-order valence-corrected chi connectivity index (χ0v) is 11.5. The second kappa shape index (κ2) is 7.45. The average Bonchev–Trinajstić information content (AvgIpc) is 2.95. The zero-order valence-electron chi connectivity index (χ0n) is 11.5. The second-order valence-electron chi connectivity index (χ2n) is 4.62. The lowest BCUT2D eigenvalue weighted by Gasteiger charge is -2.03. The maximum Gasteiger partial charge on any atom is 0.220 e. The van der Waals surface area contributed by atoms with Gasteiger partial charge in [-0.2, -0.15) is 5.10 Å². The van der Waals surface area contributed by atoms with Crippen molar-refractivity contribution in [3.8, 4) is 5.69 Å². The van der Waals surface area contributed by atoms with Crippen LogP contribution in [-0.2, 0) is 11.2 Å². The number of benzene rings is 1. The molecule has 1 aromatic carbocycles. The van der Waals surface area contributed by atoms with Crippen LogP contribution in [0.5, 0.6) is 0 Å². The Morgan fingerprint density at radius 2 is 2.10 bits per heavy atom. The van der Waals surface area contributed by atoms with Crippen molar-refractivity contribution in [2.75, 3.05) is 13.1 Å². The number of nitrogens with one attached hydrogen (secondary N) is 1. The van der Waals surface area contributed by atoms with Gasteiger partial charge < -0.3 is 11.1 Å². The molecule has 5 heteroatoms. The van der Waals surface area contributed by atoms with Crippen LogP contribution in [0.3, 0.4) is 0 Å². The fourth-order valence-electron chi connectivity index (χ4n) is 1.91. The van der Waals surface area contributed by atoms with Crippen molar-refractivity contribution in [3.05, 3.63) is 48.3 Å². The topological polar surface area (TPSA) is 72.9 Å². The fourth-order valence-corrected chi connectivity index (χ4v) is 1.91. The molecule has 0 unspecified atom stereocenters. The first-order valence-electron chi connectivity index (χ1n) is 6.85. The summed E-state index contributed by atoms with van der Waals surface area (Å²) in [6.07, 6.45) is 5.83. The summed E-state index contributed by atoms with van der Waals surface area (Å²) in [6.45, 7) is 1.18. The summed E-state index contributed by atoms with van der Waals surface area (Å²) in [5.41, 5.74) is 7.50. The Hall–Kier alpha value is -2.14. The highest BCUT2D eigenvalue weighted by atomic mass is 16.1. The van der Waals surface area contributed by atoms with Crippen LogP contribution in [0, 0.1) is 0 Å². The van der Waals surface area contributed by atoms with Crippen LogP contribution < -0.4 is 11.1 Å². The molecule has 106 valence electrons. The molecule has 20 heavy (non-hydrogen) atoms. The molecule has 1 aromatic heterocycles. The Labute approximate surface area is 118 Å². The molecule has 0 saturated carbocycles. The van der Waals surface area contributed by atoms with Crippen molar-refractivity contribution in [3.63, 3.8) is 0 Å². The van der Waals surface area contributed by atoms with E-state index in [0.717, 1.165) is 24.1 Å². The first-order valence-corrected chi connectivity index (χ1v) is 6.85. The highest BCUT2D eigenvalue weighted by Crippen LogP contribution is 2.07. The van der Waals surface area contributed by atoms with Gasteiger partial charge in [0, 0.05) is 19.2 Å². The summed E-state index contributed by atoms with van der Waals surface area (Å²) >= 11 is 0. The Balaban J connectivity index is 1.80. The van der Waals surface area contributed by atoms with E-state index in [1.54, 1.807) is 0 Å². The molecule has 0 aliphatic carbocycles. The van der Waals surface area contributed by atoms with Gasteiger partial charge in [0.2, 0.25) is 5.91 Å². The van der Waals surface area contributed by atoms with Crippen LogP contribution in [0.4, 0.5) is 0 Å². The molecule has 1 amide bonds. The van der Waals surface area contributed by atoms with Crippen molar-refractivity contribution >= 4 is 5.91 Å². The third-order valence-corrected chi connectivity index (χ3v) is 3.00. The number of nitrogens with two attached hydrogens (primary N) is 1. The van der Waals surface area contributed by atoms with E-state index in [1.165, 1.54) is 0 Å².